The van der Waals surface area contributed by atoms with Crippen molar-refractivity contribution in [3.8, 4) is 0 Å². The lowest BCUT2D eigenvalue weighted by Gasteiger charge is -2.27. The summed E-state index contributed by atoms with van der Waals surface area (Å²) in [6, 6.07) is 3.46. The fourth-order valence-electron chi connectivity index (χ4n) is 2.28. The lowest BCUT2D eigenvalue weighted by atomic mass is 9.90. The van der Waals surface area contributed by atoms with E-state index in [4.69, 9.17) is 5.73 Å². The highest BCUT2D eigenvalue weighted by atomic mass is 16.2. The third-order valence-corrected chi connectivity index (χ3v) is 3.49. The van der Waals surface area contributed by atoms with Gasteiger partial charge in [0.05, 0.1) is 0 Å². The van der Waals surface area contributed by atoms with Crippen LogP contribution in [0.25, 0.3) is 0 Å². The molecule has 1 saturated heterocycles. The Kier molecular flexibility index (Phi) is 4.28. The van der Waals surface area contributed by atoms with E-state index in [-0.39, 0.29) is 11.3 Å². The molecule has 0 bridgehead atoms. The van der Waals surface area contributed by atoms with Crippen LogP contribution in [0.15, 0.2) is 12.1 Å². The molecule has 5 heteroatoms. The van der Waals surface area contributed by atoms with Gasteiger partial charge in [-0.25, -0.2) is 9.99 Å². The first kappa shape index (κ1) is 14.8. The first-order valence-electron chi connectivity index (χ1n) is 7.20. The molecule has 0 saturated carbocycles. The van der Waals surface area contributed by atoms with Crippen LogP contribution in [0.2, 0.25) is 0 Å². The fraction of sp³-hybridized carbons (Fsp3) is 0.600. The van der Waals surface area contributed by atoms with Crippen LogP contribution in [-0.4, -0.2) is 29.0 Å². The quantitative estimate of drug-likeness (QED) is 0.867. The number of piperidine rings is 1. The van der Waals surface area contributed by atoms with Crippen molar-refractivity contribution in [1.29, 1.82) is 0 Å². The minimum absolute atomic E-state index is 0.105. The van der Waals surface area contributed by atoms with Crippen LogP contribution in [0.3, 0.4) is 0 Å². The van der Waals surface area contributed by atoms with Crippen molar-refractivity contribution < 1.29 is 4.79 Å². The van der Waals surface area contributed by atoms with Gasteiger partial charge in [-0.1, -0.05) is 27.2 Å². The van der Waals surface area contributed by atoms with E-state index in [1.165, 1.54) is 6.42 Å². The Labute approximate surface area is 120 Å². The van der Waals surface area contributed by atoms with E-state index in [1.54, 1.807) is 6.07 Å². The van der Waals surface area contributed by atoms with Gasteiger partial charge in [-0.3, -0.25) is 10.2 Å². The Morgan fingerprint density at radius 1 is 1.25 bits per heavy atom. The third kappa shape index (κ3) is 3.70. The van der Waals surface area contributed by atoms with Crippen LogP contribution in [0.1, 0.15) is 56.1 Å². The van der Waals surface area contributed by atoms with Gasteiger partial charge < -0.3 is 5.73 Å². The molecule has 0 unspecified atom stereocenters. The van der Waals surface area contributed by atoms with E-state index in [1.807, 2.05) is 11.1 Å². The van der Waals surface area contributed by atoms with Gasteiger partial charge in [0, 0.05) is 29.8 Å². The molecule has 1 aliphatic heterocycles. The standard InChI is InChI=1S/C15H24N4O/c1-15(2,3)12-9-11(10-13(16)17-12)14(20)18-19-7-5-4-6-8-19/h9-10H,4-8H2,1-3H3,(H2,16,17)(H,18,20). The number of hydrogen-bond donors (Lipinski definition) is 2. The largest absolute Gasteiger partial charge is 0.384 e. The Hall–Kier alpha value is -1.62. The molecular formula is C15H24N4O. The molecule has 1 fully saturated rings. The second-order valence-electron chi connectivity index (χ2n) is 6.40. The predicted molar refractivity (Wildman–Crippen MR) is 80.2 cm³/mol. The number of aromatic nitrogens is 1. The van der Waals surface area contributed by atoms with Crippen molar-refractivity contribution in [2.75, 3.05) is 18.8 Å². The second kappa shape index (κ2) is 5.79. The van der Waals surface area contributed by atoms with Gasteiger partial charge in [0.1, 0.15) is 5.82 Å². The molecule has 1 aromatic heterocycles. The first-order chi connectivity index (χ1) is 9.36. The van der Waals surface area contributed by atoms with Gasteiger partial charge in [0.15, 0.2) is 0 Å². The zero-order valence-electron chi connectivity index (χ0n) is 12.6. The van der Waals surface area contributed by atoms with Crippen molar-refractivity contribution in [3.05, 3.63) is 23.4 Å². The number of pyridine rings is 1. The average Bonchev–Trinajstić information content (AvgIpc) is 2.38. The molecular weight excluding hydrogens is 252 g/mol. The van der Waals surface area contributed by atoms with E-state index < -0.39 is 0 Å². The summed E-state index contributed by atoms with van der Waals surface area (Å²) in [4.78, 5) is 16.6. The van der Waals surface area contributed by atoms with Crippen molar-refractivity contribution in [3.63, 3.8) is 0 Å². The first-order valence-corrected chi connectivity index (χ1v) is 7.20. The molecule has 0 atom stereocenters. The highest BCUT2D eigenvalue weighted by Crippen LogP contribution is 2.22. The van der Waals surface area contributed by atoms with E-state index >= 15 is 0 Å². The highest BCUT2D eigenvalue weighted by Gasteiger charge is 2.20. The molecule has 2 heterocycles. The highest BCUT2D eigenvalue weighted by molar-refractivity contribution is 5.94. The average molecular weight is 276 g/mol. The van der Waals surface area contributed by atoms with Crippen molar-refractivity contribution in [1.82, 2.24) is 15.4 Å². The van der Waals surface area contributed by atoms with Crippen molar-refractivity contribution >= 4 is 11.7 Å². The summed E-state index contributed by atoms with van der Waals surface area (Å²) in [5.74, 6) is 0.285. The number of rotatable bonds is 2. The van der Waals surface area contributed by atoms with E-state index in [9.17, 15) is 4.79 Å². The maximum absolute atomic E-state index is 12.3. The summed E-state index contributed by atoms with van der Waals surface area (Å²) >= 11 is 0. The van der Waals surface area contributed by atoms with Gasteiger partial charge in [0.2, 0.25) is 0 Å². The Morgan fingerprint density at radius 2 is 1.90 bits per heavy atom. The fourth-order valence-corrected chi connectivity index (χ4v) is 2.28. The SMILES string of the molecule is CC(C)(C)c1cc(C(=O)NN2CCCCC2)cc(N)n1. The van der Waals surface area contributed by atoms with Crippen LogP contribution >= 0.6 is 0 Å². The third-order valence-electron chi connectivity index (χ3n) is 3.49. The van der Waals surface area contributed by atoms with Crippen molar-refractivity contribution in [2.45, 2.75) is 45.4 Å². The van der Waals surface area contributed by atoms with Crippen LogP contribution in [0, 0.1) is 0 Å². The smallest absolute Gasteiger partial charge is 0.265 e. The Balaban J connectivity index is 2.14. The number of nitrogens with two attached hydrogens (primary N) is 1. The lowest BCUT2D eigenvalue weighted by molar-refractivity contribution is 0.0750. The molecule has 5 nitrogen and oxygen atoms in total. The summed E-state index contributed by atoms with van der Waals surface area (Å²) in [6.07, 6.45) is 3.50. The maximum Gasteiger partial charge on any atom is 0.265 e. The molecule has 20 heavy (non-hydrogen) atoms. The molecule has 3 N–H and O–H groups in total. The summed E-state index contributed by atoms with van der Waals surface area (Å²) in [7, 11) is 0. The van der Waals surface area contributed by atoms with Crippen LogP contribution in [0.5, 0.6) is 0 Å². The number of carbonyl (C=O) groups excluding carboxylic acids is 1. The monoisotopic (exact) mass is 276 g/mol. The number of nitrogens with one attached hydrogen (secondary N) is 1. The summed E-state index contributed by atoms with van der Waals surface area (Å²) in [5.41, 5.74) is 10.1. The number of hydrazine groups is 1. The van der Waals surface area contributed by atoms with Crippen LogP contribution in [0.4, 0.5) is 5.82 Å². The van der Waals surface area contributed by atoms with Gasteiger partial charge in [-0.15, -0.1) is 0 Å². The maximum atomic E-state index is 12.3. The molecule has 0 spiro atoms. The summed E-state index contributed by atoms with van der Waals surface area (Å²) in [5, 5.41) is 1.99. The predicted octanol–water partition coefficient (Wildman–Crippen LogP) is 2.09. The van der Waals surface area contributed by atoms with Gasteiger partial charge in [-0.05, 0) is 25.0 Å². The number of anilines is 1. The van der Waals surface area contributed by atoms with E-state index in [2.05, 4.69) is 31.2 Å². The van der Waals surface area contributed by atoms with E-state index in [0.717, 1.165) is 31.6 Å². The molecule has 1 aromatic rings. The zero-order chi connectivity index (χ0) is 14.8. The topological polar surface area (TPSA) is 71.2 Å². The number of carbonyl (C=O) groups is 1. The van der Waals surface area contributed by atoms with Gasteiger partial charge in [0.25, 0.3) is 5.91 Å². The van der Waals surface area contributed by atoms with Crippen molar-refractivity contribution in [2.24, 2.45) is 0 Å². The number of amides is 1. The summed E-state index contributed by atoms with van der Waals surface area (Å²) in [6.45, 7) is 8.00. The minimum Gasteiger partial charge on any atom is -0.384 e. The Morgan fingerprint density at radius 3 is 2.50 bits per heavy atom. The molecule has 110 valence electrons. The molecule has 0 aromatic carbocycles. The molecule has 0 radical (unpaired) electrons. The van der Waals surface area contributed by atoms with Crippen LogP contribution < -0.4 is 11.2 Å². The lowest BCUT2D eigenvalue weighted by Crippen LogP contribution is -2.45. The molecule has 1 aliphatic rings. The Bertz CT molecular complexity index is 487. The molecule has 0 aliphatic carbocycles. The second-order valence-corrected chi connectivity index (χ2v) is 6.40. The van der Waals surface area contributed by atoms with Gasteiger partial charge >= 0.3 is 0 Å². The number of nitrogens with zero attached hydrogens (tertiary/aromatic N) is 2. The molecule has 2 rings (SSSR count). The summed E-state index contributed by atoms with van der Waals surface area (Å²) < 4.78 is 0. The molecule has 1 amide bonds. The van der Waals surface area contributed by atoms with Gasteiger partial charge in [-0.2, -0.15) is 0 Å². The zero-order valence-corrected chi connectivity index (χ0v) is 12.6. The minimum atomic E-state index is -0.129. The number of hydrogen-bond acceptors (Lipinski definition) is 4. The number of nitrogen functional groups attached to an aromatic ring is 1. The van der Waals surface area contributed by atoms with Crippen LogP contribution in [-0.2, 0) is 5.41 Å². The van der Waals surface area contributed by atoms with E-state index in [0.29, 0.717) is 11.4 Å². The normalized spacial score (nSPS) is 16.9.